The van der Waals surface area contributed by atoms with Crippen LogP contribution in [0.1, 0.15) is 5.01 Å². The van der Waals surface area contributed by atoms with Crippen molar-refractivity contribution in [1.82, 2.24) is 4.98 Å². The van der Waals surface area contributed by atoms with E-state index in [0.717, 1.165) is 22.9 Å². The molecule has 0 fully saturated rings. The van der Waals surface area contributed by atoms with E-state index in [1.807, 2.05) is 18.2 Å². The van der Waals surface area contributed by atoms with Crippen molar-refractivity contribution >= 4 is 23.1 Å². The maximum absolute atomic E-state index is 6.01. The Bertz CT molecular complexity index is 453. The monoisotopic (exact) mass is 264 g/mol. The molecule has 1 atom stereocenters. The van der Waals surface area contributed by atoms with Gasteiger partial charge < -0.3 is 5.73 Å². The third kappa shape index (κ3) is 3.56. The number of nitrogens with two attached hydrogens (primary N) is 1. The fraction of sp³-hybridized carbons (Fsp3) is 0.308. The fourth-order valence-electron chi connectivity index (χ4n) is 1.64. The van der Waals surface area contributed by atoms with Crippen LogP contribution in [0.25, 0.3) is 11.3 Å². The van der Waals surface area contributed by atoms with Crippen molar-refractivity contribution in [1.29, 1.82) is 0 Å². The van der Waals surface area contributed by atoms with Gasteiger partial charge in [0.2, 0.25) is 0 Å². The van der Waals surface area contributed by atoms with Gasteiger partial charge in [0.15, 0.2) is 0 Å². The lowest BCUT2D eigenvalue weighted by Gasteiger charge is -2.06. The molecule has 2 N–H and O–H groups in total. The van der Waals surface area contributed by atoms with Crippen LogP contribution in [0.4, 0.5) is 0 Å². The Hall–Kier alpha value is -0.840. The molecular formula is C13H16N2S2. The summed E-state index contributed by atoms with van der Waals surface area (Å²) in [5.41, 5.74) is 8.24. The van der Waals surface area contributed by atoms with Gasteiger partial charge in [0.1, 0.15) is 0 Å². The molecule has 0 aliphatic rings. The van der Waals surface area contributed by atoms with Crippen molar-refractivity contribution in [2.45, 2.75) is 12.5 Å². The molecule has 2 aromatic rings. The standard InChI is InChI=1S/C13H16N2S2/c1-16-8-11(14)7-13-15-12(9-17-13)10-5-3-2-4-6-10/h2-6,9,11H,7-8,14H2,1H3. The van der Waals surface area contributed by atoms with Gasteiger partial charge in [-0.2, -0.15) is 11.8 Å². The van der Waals surface area contributed by atoms with E-state index in [0.29, 0.717) is 0 Å². The zero-order valence-corrected chi connectivity index (χ0v) is 11.4. The summed E-state index contributed by atoms with van der Waals surface area (Å²) in [4.78, 5) is 4.63. The Balaban J connectivity index is 2.06. The van der Waals surface area contributed by atoms with Gasteiger partial charge in [-0.25, -0.2) is 4.98 Å². The van der Waals surface area contributed by atoms with Gasteiger partial charge in [-0.3, -0.25) is 0 Å². The van der Waals surface area contributed by atoms with Crippen molar-refractivity contribution in [2.75, 3.05) is 12.0 Å². The predicted octanol–water partition coefficient (Wildman–Crippen LogP) is 3.04. The van der Waals surface area contributed by atoms with Crippen LogP contribution in [0.15, 0.2) is 35.7 Å². The van der Waals surface area contributed by atoms with Crippen LogP contribution in [0.5, 0.6) is 0 Å². The molecule has 1 heterocycles. The smallest absolute Gasteiger partial charge is 0.0948 e. The summed E-state index contributed by atoms with van der Waals surface area (Å²) in [6.45, 7) is 0. The average molecular weight is 264 g/mol. The molecule has 2 nitrogen and oxygen atoms in total. The summed E-state index contributed by atoms with van der Waals surface area (Å²) in [6, 6.07) is 10.5. The number of rotatable bonds is 5. The molecule has 0 spiro atoms. The number of thiazole rings is 1. The van der Waals surface area contributed by atoms with E-state index in [1.54, 1.807) is 23.1 Å². The number of thioether (sulfide) groups is 1. The Morgan fingerprint density at radius 3 is 2.82 bits per heavy atom. The summed E-state index contributed by atoms with van der Waals surface area (Å²) in [6.07, 6.45) is 2.95. The van der Waals surface area contributed by atoms with E-state index in [2.05, 4.69) is 28.8 Å². The minimum Gasteiger partial charge on any atom is -0.327 e. The molecule has 0 saturated carbocycles. The molecular weight excluding hydrogens is 248 g/mol. The van der Waals surface area contributed by atoms with Gasteiger partial charge >= 0.3 is 0 Å². The number of nitrogens with zero attached hydrogens (tertiary/aromatic N) is 1. The van der Waals surface area contributed by atoms with Gasteiger partial charge in [-0.1, -0.05) is 30.3 Å². The summed E-state index contributed by atoms with van der Waals surface area (Å²) in [7, 11) is 0. The highest BCUT2D eigenvalue weighted by Crippen LogP contribution is 2.22. The summed E-state index contributed by atoms with van der Waals surface area (Å²) < 4.78 is 0. The van der Waals surface area contributed by atoms with Crippen LogP contribution in [-0.2, 0) is 6.42 Å². The van der Waals surface area contributed by atoms with E-state index in [4.69, 9.17) is 5.73 Å². The van der Waals surface area contributed by atoms with Crippen LogP contribution in [0.3, 0.4) is 0 Å². The Morgan fingerprint density at radius 1 is 1.35 bits per heavy atom. The van der Waals surface area contributed by atoms with Crippen LogP contribution in [0.2, 0.25) is 0 Å². The van der Waals surface area contributed by atoms with E-state index in [1.165, 1.54) is 5.56 Å². The number of aromatic nitrogens is 1. The fourth-order valence-corrected chi connectivity index (χ4v) is 3.09. The third-order valence-electron chi connectivity index (χ3n) is 2.44. The number of benzene rings is 1. The minimum atomic E-state index is 0.208. The van der Waals surface area contributed by atoms with Gasteiger partial charge in [-0.15, -0.1) is 11.3 Å². The van der Waals surface area contributed by atoms with Crippen LogP contribution < -0.4 is 5.73 Å². The first-order valence-corrected chi connectivity index (χ1v) is 7.81. The normalized spacial score (nSPS) is 12.6. The molecule has 1 aromatic heterocycles. The average Bonchev–Trinajstić information content (AvgIpc) is 2.79. The minimum absolute atomic E-state index is 0.208. The predicted molar refractivity (Wildman–Crippen MR) is 77.6 cm³/mol. The summed E-state index contributed by atoms with van der Waals surface area (Å²) in [5, 5.41) is 3.24. The lowest BCUT2D eigenvalue weighted by Crippen LogP contribution is -2.25. The Kier molecular flexibility index (Phi) is 4.59. The van der Waals surface area contributed by atoms with E-state index in [-0.39, 0.29) is 6.04 Å². The molecule has 4 heteroatoms. The molecule has 90 valence electrons. The van der Waals surface area contributed by atoms with Crippen LogP contribution >= 0.6 is 23.1 Å². The van der Waals surface area contributed by atoms with Crippen molar-refractivity contribution in [2.24, 2.45) is 5.73 Å². The highest BCUT2D eigenvalue weighted by atomic mass is 32.2. The molecule has 0 aliphatic carbocycles. The SMILES string of the molecule is CSCC(N)Cc1nc(-c2ccccc2)cs1. The second-order valence-electron chi connectivity index (χ2n) is 3.91. The molecule has 17 heavy (non-hydrogen) atoms. The van der Waals surface area contributed by atoms with Gasteiger partial charge in [0, 0.05) is 29.2 Å². The molecule has 1 aromatic carbocycles. The zero-order valence-electron chi connectivity index (χ0n) is 9.80. The van der Waals surface area contributed by atoms with Crippen LogP contribution in [0, 0.1) is 0 Å². The maximum atomic E-state index is 6.01. The van der Waals surface area contributed by atoms with E-state index in [9.17, 15) is 0 Å². The van der Waals surface area contributed by atoms with Crippen molar-refractivity contribution < 1.29 is 0 Å². The van der Waals surface area contributed by atoms with Gasteiger partial charge in [0.25, 0.3) is 0 Å². The van der Waals surface area contributed by atoms with Crippen LogP contribution in [-0.4, -0.2) is 23.0 Å². The molecule has 0 bridgehead atoms. The first-order chi connectivity index (χ1) is 8.29. The van der Waals surface area contributed by atoms with Gasteiger partial charge in [-0.05, 0) is 6.26 Å². The number of hydrogen-bond donors (Lipinski definition) is 1. The van der Waals surface area contributed by atoms with Crippen molar-refractivity contribution in [3.05, 3.63) is 40.7 Å². The molecule has 0 aliphatic heterocycles. The second kappa shape index (κ2) is 6.19. The Labute approximate surface area is 110 Å². The first-order valence-electron chi connectivity index (χ1n) is 5.54. The number of hydrogen-bond acceptors (Lipinski definition) is 4. The Morgan fingerprint density at radius 2 is 2.12 bits per heavy atom. The molecule has 2 rings (SSSR count). The largest absolute Gasteiger partial charge is 0.327 e. The molecule has 0 saturated heterocycles. The van der Waals surface area contributed by atoms with E-state index < -0.39 is 0 Å². The lowest BCUT2D eigenvalue weighted by atomic mass is 10.2. The zero-order chi connectivity index (χ0) is 12.1. The lowest BCUT2D eigenvalue weighted by molar-refractivity contribution is 0.745. The molecule has 0 amide bonds. The van der Waals surface area contributed by atoms with Gasteiger partial charge in [0.05, 0.1) is 10.7 Å². The topological polar surface area (TPSA) is 38.9 Å². The van der Waals surface area contributed by atoms with E-state index >= 15 is 0 Å². The highest BCUT2D eigenvalue weighted by molar-refractivity contribution is 7.98. The third-order valence-corrected chi connectivity index (χ3v) is 4.07. The second-order valence-corrected chi connectivity index (χ2v) is 5.77. The quantitative estimate of drug-likeness (QED) is 0.902. The first kappa shape index (κ1) is 12.6. The summed E-state index contributed by atoms with van der Waals surface area (Å²) >= 11 is 3.48. The van der Waals surface area contributed by atoms with Crippen molar-refractivity contribution in [3.8, 4) is 11.3 Å². The summed E-state index contributed by atoms with van der Waals surface area (Å²) in [5.74, 6) is 0.986. The molecule has 0 radical (unpaired) electrons. The maximum Gasteiger partial charge on any atom is 0.0948 e. The van der Waals surface area contributed by atoms with Crippen molar-refractivity contribution in [3.63, 3.8) is 0 Å². The highest BCUT2D eigenvalue weighted by Gasteiger charge is 2.08. The molecule has 1 unspecified atom stereocenters.